The van der Waals surface area contributed by atoms with Crippen molar-refractivity contribution < 1.29 is 19.4 Å². The fourth-order valence-corrected chi connectivity index (χ4v) is 4.89. The number of rotatable bonds is 8. The Morgan fingerprint density at radius 2 is 2.03 bits per heavy atom. The maximum absolute atomic E-state index is 12.6. The minimum absolute atomic E-state index is 0.0791. The highest BCUT2D eigenvalue weighted by atomic mass is 16.6. The Hall–Kier alpha value is -3.77. The number of H-pyrrole nitrogens is 1. The number of nitrogens with one attached hydrogen (secondary N) is 4. The fourth-order valence-electron chi connectivity index (χ4n) is 4.89. The van der Waals surface area contributed by atoms with E-state index in [9.17, 15) is 14.7 Å². The summed E-state index contributed by atoms with van der Waals surface area (Å²) in [6.07, 6.45) is 7.72. The van der Waals surface area contributed by atoms with Gasteiger partial charge < -0.3 is 30.8 Å². The lowest BCUT2D eigenvalue weighted by Gasteiger charge is -2.24. The first-order chi connectivity index (χ1) is 18.9. The number of ether oxygens (including phenoxy) is 1. The standard InChI is InChI=1S/C25H31N7O4.C2H7N/c1-2-3-4-6-18-17-13-19(22(33)34)28-21(17)31-23(29-18)30-20-8-7-16(14-27-20)32-15-25(36-24(32)35)9-5-11-26-12-10-25;1-3-2/h7-8,13-14,26H,2-6,9-12,15H2,1H3,(H,33,34)(H2,27,28,29,30,31);3H,1-2H3/t25-;/m0./s1. The molecule has 12 nitrogen and oxygen atoms in total. The molecule has 1 atom stereocenters. The lowest BCUT2D eigenvalue weighted by atomic mass is 9.95. The van der Waals surface area contributed by atoms with Gasteiger partial charge in [-0.2, -0.15) is 4.98 Å². The number of nitrogens with zero attached hydrogens (tertiary/aromatic N) is 4. The maximum Gasteiger partial charge on any atom is 0.415 e. The Labute approximate surface area is 228 Å². The molecule has 39 heavy (non-hydrogen) atoms. The van der Waals surface area contributed by atoms with Crippen molar-refractivity contribution in [1.29, 1.82) is 0 Å². The van der Waals surface area contributed by atoms with E-state index >= 15 is 0 Å². The Kier molecular flexibility index (Phi) is 9.31. The molecule has 2 aliphatic rings. The van der Waals surface area contributed by atoms with Crippen LogP contribution in [0.1, 0.15) is 61.6 Å². The van der Waals surface area contributed by atoms with E-state index in [0.717, 1.165) is 63.7 Å². The topological polar surface area (TPSA) is 157 Å². The molecule has 0 saturated carbocycles. The number of aromatic nitrogens is 4. The Morgan fingerprint density at radius 1 is 1.21 bits per heavy atom. The number of anilines is 3. The molecule has 3 aromatic heterocycles. The molecule has 0 unspecified atom stereocenters. The fraction of sp³-hybridized carbons (Fsp3) is 0.519. The third-order valence-corrected chi connectivity index (χ3v) is 6.83. The van der Waals surface area contributed by atoms with E-state index in [0.29, 0.717) is 35.0 Å². The predicted octanol–water partition coefficient (Wildman–Crippen LogP) is 3.83. The van der Waals surface area contributed by atoms with E-state index in [2.05, 4.69) is 42.8 Å². The van der Waals surface area contributed by atoms with Gasteiger partial charge in [0.25, 0.3) is 0 Å². The zero-order chi connectivity index (χ0) is 27.8. The van der Waals surface area contributed by atoms with Crippen molar-refractivity contribution in [2.75, 3.05) is 43.9 Å². The summed E-state index contributed by atoms with van der Waals surface area (Å²) in [6.45, 7) is 4.42. The SMILES string of the molecule is CCCCCc1nc(Nc2ccc(N3C[C@@]4(CCCNCC4)OC3=O)cn2)nc2[nH]c(C(=O)O)cc12.CNC. The number of carboxylic acids is 1. The number of carbonyl (C=O) groups is 2. The van der Waals surface area contributed by atoms with Gasteiger partial charge in [0, 0.05) is 11.8 Å². The second kappa shape index (κ2) is 12.9. The second-order valence-electron chi connectivity index (χ2n) is 9.97. The van der Waals surface area contributed by atoms with Gasteiger partial charge in [-0.1, -0.05) is 19.8 Å². The Balaban J connectivity index is 0.00000112. The average Bonchev–Trinajstić information content (AvgIpc) is 3.40. The van der Waals surface area contributed by atoms with Gasteiger partial charge in [0.1, 0.15) is 22.8 Å². The molecule has 210 valence electrons. The van der Waals surface area contributed by atoms with Crippen LogP contribution in [0.15, 0.2) is 24.4 Å². The number of hydrogen-bond donors (Lipinski definition) is 5. The van der Waals surface area contributed by atoms with Crippen molar-refractivity contribution in [3.63, 3.8) is 0 Å². The predicted molar refractivity (Wildman–Crippen MR) is 150 cm³/mol. The summed E-state index contributed by atoms with van der Waals surface area (Å²) in [6, 6.07) is 5.17. The van der Waals surface area contributed by atoms with Crippen LogP contribution < -0.4 is 20.9 Å². The third kappa shape index (κ3) is 6.82. The van der Waals surface area contributed by atoms with Crippen molar-refractivity contribution in [2.45, 2.75) is 57.5 Å². The summed E-state index contributed by atoms with van der Waals surface area (Å²) in [7, 11) is 3.75. The number of aromatic carboxylic acids is 1. The van der Waals surface area contributed by atoms with Crippen LogP contribution in [-0.4, -0.2) is 76.4 Å². The molecule has 2 fully saturated rings. The van der Waals surface area contributed by atoms with Gasteiger partial charge in [0.15, 0.2) is 0 Å². The van der Waals surface area contributed by atoms with Crippen molar-refractivity contribution in [1.82, 2.24) is 30.6 Å². The van der Waals surface area contributed by atoms with Gasteiger partial charge in [0.2, 0.25) is 5.95 Å². The summed E-state index contributed by atoms with van der Waals surface area (Å²) >= 11 is 0. The van der Waals surface area contributed by atoms with Crippen LogP contribution in [0, 0.1) is 0 Å². The number of carbonyl (C=O) groups excluding carboxylic acids is 1. The highest BCUT2D eigenvalue weighted by molar-refractivity contribution is 5.93. The summed E-state index contributed by atoms with van der Waals surface area (Å²) in [5.41, 5.74) is 1.57. The van der Waals surface area contributed by atoms with Gasteiger partial charge in [0.05, 0.1) is 24.1 Å². The molecule has 0 radical (unpaired) electrons. The summed E-state index contributed by atoms with van der Waals surface area (Å²) in [5, 5.41) is 19.3. The molecule has 5 N–H and O–H groups in total. The number of unbranched alkanes of at least 4 members (excludes halogenated alkanes) is 2. The van der Waals surface area contributed by atoms with Crippen LogP contribution in [0.4, 0.5) is 22.2 Å². The molecule has 3 aromatic rings. The lowest BCUT2D eigenvalue weighted by molar-refractivity contribution is 0.0469. The van der Waals surface area contributed by atoms with Crippen molar-refractivity contribution >= 4 is 40.5 Å². The number of fused-ring (bicyclic) bond motifs is 1. The van der Waals surface area contributed by atoms with Crippen LogP contribution >= 0.6 is 0 Å². The van der Waals surface area contributed by atoms with Gasteiger partial charge in [-0.3, -0.25) is 4.90 Å². The largest absolute Gasteiger partial charge is 0.477 e. The van der Waals surface area contributed by atoms with Gasteiger partial charge in [-0.15, -0.1) is 0 Å². The highest BCUT2D eigenvalue weighted by Crippen LogP contribution is 2.34. The molecule has 5 heterocycles. The van der Waals surface area contributed by atoms with Crippen molar-refractivity contribution in [3.8, 4) is 0 Å². The van der Waals surface area contributed by atoms with E-state index in [-0.39, 0.29) is 11.8 Å². The smallest absolute Gasteiger partial charge is 0.415 e. The second-order valence-corrected chi connectivity index (χ2v) is 9.97. The first kappa shape index (κ1) is 28.2. The molecule has 1 amide bonds. The summed E-state index contributed by atoms with van der Waals surface area (Å²) < 4.78 is 5.81. The number of hydrogen-bond acceptors (Lipinski definition) is 9. The van der Waals surface area contributed by atoms with Crippen LogP contribution in [0.25, 0.3) is 11.0 Å². The first-order valence-corrected chi connectivity index (χ1v) is 13.5. The van der Waals surface area contributed by atoms with E-state index < -0.39 is 11.6 Å². The van der Waals surface area contributed by atoms with Crippen LogP contribution in [0.2, 0.25) is 0 Å². The molecular weight excluding hydrogens is 500 g/mol. The van der Waals surface area contributed by atoms with E-state index in [1.165, 1.54) is 0 Å². The molecule has 0 aliphatic carbocycles. The van der Waals surface area contributed by atoms with Crippen LogP contribution in [-0.2, 0) is 11.2 Å². The van der Waals surface area contributed by atoms with E-state index in [1.807, 2.05) is 20.2 Å². The minimum atomic E-state index is -1.04. The lowest BCUT2D eigenvalue weighted by Crippen LogP contribution is -2.35. The summed E-state index contributed by atoms with van der Waals surface area (Å²) in [5.74, 6) is -0.191. The van der Waals surface area contributed by atoms with Gasteiger partial charge in [-0.25, -0.2) is 19.6 Å². The monoisotopic (exact) mass is 538 g/mol. The Bertz CT molecular complexity index is 1270. The number of aromatic amines is 1. The van der Waals surface area contributed by atoms with E-state index in [1.54, 1.807) is 23.2 Å². The zero-order valence-electron chi connectivity index (χ0n) is 22.8. The average molecular weight is 539 g/mol. The maximum atomic E-state index is 12.6. The number of amides is 1. The van der Waals surface area contributed by atoms with Crippen molar-refractivity contribution in [2.24, 2.45) is 0 Å². The first-order valence-electron chi connectivity index (χ1n) is 13.5. The molecular formula is C27H38N8O4. The van der Waals surface area contributed by atoms with Gasteiger partial charge >= 0.3 is 12.1 Å². The molecule has 1 spiro atoms. The number of carboxylic acid groups (broad SMARTS) is 1. The van der Waals surface area contributed by atoms with Crippen LogP contribution in [0.3, 0.4) is 0 Å². The Morgan fingerprint density at radius 3 is 2.74 bits per heavy atom. The third-order valence-electron chi connectivity index (χ3n) is 6.83. The quantitative estimate of drug-likeness (QED) is 0.267. The zero-order valence-corrected chi connectivity index (χ0v) is 22.8. The molecule has 0 aromatic carbocycles. The molecule has 2 aliphatic heterocycles. The summed E-state index contributed by atoms with van der Waals surface area (Å²) in [4.78, 5) is 42.2. The number of aryl methyl sites for hydroxylation is 1. The molecule has 5 rings (SSSR count). The minimum Gasteiger partial charge on any atom is -0.477 e. The normalized spacial score (nSPS) is 18.9. The molecule has 0 bridgehead atoms. The molecule has 12 heteroatoms. The number of pyridine rings is 1. The van der Waals surface area contributed by atoms with E-state index in [4.69, 9.17) is 4.74 Å². The van der Waals surface area contributed by atoms with Gasteiger partial charge in [-0.05, 0) is 71.1 Å². The van der Waals surface area contributed by atoms with Crippen molar-refractivity contribution in [3.05, 3.63) is 35.8 Å². The molecule has 2 saturated heterocycles. The van der Waals surface area contributed by atoms with Crippen LogP contribution in [0.5, 0.6) is 0 Å². The highest BCUT2D eigenvalue weighted by Gasteiger charge is 2.45.